The Kier molecular flexibility index (Phi) is 7.73. The lowest BCUT2D eigenvalue weighted by Gasteiger charge is -2.29. The molecule has 1 fully saturated rings. The second kappa shape index (κ2) is 11.0. The molecule has 0 radical (unpaired) electrons. The predicted molar refractivity (Wildman–Crippen MR) is 139 cm³/mol. The minimum absolute atomic E-state index is 0.0241. The molecule has 0 saturated carbocycles. The van der Waals surface area contributed by atoms with Crippen LogP contribution in [0.5, 0.6) is 0 Å². The molecule has 5 rings (SSSR count). The van der Waals surface area contributed by atoms with E-state index < -0.39 is 21.7 Å². The summed E-state index contributed by atoms with van der Waals surface area (Å²) < 4.78 is 40.3. The zero-order chi connectivity index (χ0) is 26.8. The van der Waals surface area contributed by atoms with Crippen molar-refractivity contribution in [2.24, 2.45) is 5.14 Å². The van der Waals surface area contributed by atoms with Crippen LogP contribution in [-0.4, -0.2) is 48.4 Å². The Balaban J connectivity index is 1.31. The van der Waals surface area contributed by atoms with E-state index in [1.54, 1.807) is 12.1 Å². The summed E-state index contributed by atoms with van der Waals surface area (Å²) in [5.41, 5.74) is 1.40. The molecule has 12 heteroatoms. The van der Waals surface area contributed by atoms with E-state index in [1.165, 1.54) is 23.5 Å². The van der Waals surface area contributed by atoms with Crippen LogP contribution < -0.4 is 5.14 Å². The number of primary sulfonamides is 1. The van der Waals surface area contributed by atoms with Crippen LogP contribution in [-0.2, 0) is 31.7 Å². The molecule has 4 aromatic rings. The molecule has 38 heavy (non-hydrogen) atoms. The molecule has 10 nitrogen and oxygen atoms in total. The molecule has 1 aliphatic rings. The molecule has 2 aromatic heterocycles. The largest absolute Gasteiger partial charge is 0.437 e. The molecule has 3 heterocycles. The molecule has 0 spiro atoms. The Morgan fingerprint density at radius 3 is 2.55 bits per heavy atom. The number of hydrogen-bond donors (Lipinski definition) is 3. The minimum Gasteiger partial charge on any atom is -0.437 e. The number of benzene rings is 2. The minimum atomic E-state index is -3.84. The van der Waals surface area contributed by atoms with Gasteiger partial charge >= 0.3 is 0 Å². The molecular formula is C26H27N3O7S2. The van der Waals surface area contributed by atoms with Gasteiger partial charge < -0.3 is 24.1 Å². The van der Waals surface area contributed by atoms with Gasteiger partial charge in [-0.1, -0.05) is 30.3 Å². The fourth-order valence-corrected chi connectivity index (χ4v) is 5.58. The molecule has 2 unspecified atom stereocenters. The summed E-state index contributed by atoms with van der Waals surface area (Å²) >= 11 is 1.35. The average molecular weight is 558 g/mol. The number of oxazole rings is 1. The number of aliphatic hydroxyl groups excluding tert-OH is 1. The lowest BCUT2D eigenvalue weighted by Crippen LogP contribution is -2.35. The molecule has 200 valence electrons. The number of aromatic nitrogens is 2. The Morgan fingerprint density at radius 1 is 1.11 bits per heavy atom. The van der Waals surface area contributed by atoms with Gasteiger partial charge in [0.15, 0.2) is 11.9 Å². The lowest BCUT2D eigenvalue weighted by atomic mass is 9.98. The third kappa shape index (κ3) is 5.86. The maximum absolute atomic E-state index is 11.6. The second-order valence-corrected chi connectivity index (χ2v) is 11.4. The van der Waals surface area contributed by atoms with E-state index in [9.17, 15) is 18.6 Å². The Bertz CT molecular complexity index is 1480. The first-order valence-corrected chi connectivity index (χ1v) is 14.4. The van der Waals surface area contributed by atoms with Crippen molar-refractivity contribution in [3.8, 4) is 22.6 Å². The van der Waals surface area contributed by atoms with Crippen molar-refractivity contribution in [1.82, 2.24) is 9.97 Å². The van der Waals surface area contributed by atoms with Crippen molar-refractivity contribution in [3.63, 3.8) is 0 Å². The van der Waals surface area contributed by atoms with Crippen LogP contribution in [0.3, 0.4) is 0 Å². The van der Waals surface area contributed by atoms with E-state index in [0.29, 0.717) is 40.7 Å². The van der Waals surface area contributed by atoms with Crippen molar-refractivity contribution < 1.29 is 32.5 Å². The van der Waals surface area contributed by atoms with Crippen LogP contribution in [0.25, 0.3) is 22.6 Å². The summed E-state index contributed by atoms with van der Waals surface area (Å²) in [5, 5.41) is 29.2. The van der Waals surface area contributed by atoms with E-state index in [4.69, 9.17) is 19.0 Å². The smallest absolute Gasteiger partial charge is 0.238 e. The topological polar surface area (TPSA) is 158 Å². The summed E-state index contributed by atoms with van der Waals surface area (Å²) in [6.45, 7) is 0.898. The van der Waals surface area contributed by atoms with Gasteiger partial charge in [-0.15, -0.1) is 11.3 Å². The summed E-state index contributed by atoms with van der Waals surface area (Å²) in [7, 11) is -3.84. The van der Waals surface area contributed by atoms with Crippen molar-refractivity contribution in [1.29, 1.82) is 0 Å². The fraction of sp³-hybridized carbons (Fsp3) is 0.308. The summed E-state index contributed by atoms with van der Waals surface area (Å²) in [6, 6.07) is 15.2. The highest BCUT2D eigenvalue weighted by Gasteiger charge is 2.35. The number of hydrogen-bond acceptors (Lipinski definition) is 10. The van der Waals surface area contributed by atoms with Gasteiger partial charge in [0.05, 0.1) is 30.4 Å². The molecule has 2 aromatic carbocycles. The van der Waals surface area contributed by atoms with Crippen LogP contribution in [0.15, 0.2) is 69.3 Å². The molecule has 2 atom stereocenters. The number of rotatable bonds is 9. The van der Waals surface area contributed by atoms with E-state index in [-0.39, 0.29) is 30.6 Å². The summed E-state index contributed by atoms with van der Waals surface area (Å²) in [5.74, 6) is 0.431. The highest BCUT2D eigenvalue weighted by Crippen LogP contribution is 2.35. The zero-order valence-electron chi connectivity index (χ0n) is 20.3. The summed E-state index contributed by atoms with van der Waals surface area (Å²) in [6.07, 6.45) is 0.206. The van der Waals surface area contributed by atoms with Gasteiger partial charge in [-0.05, 0) is 37.1 Å². The van der Waals surface area contributed by atoms with Crippen LogP contribution in [0.4, 0.5) is 0 Å². The standard InChI is InChI=1S/C26H27N3O7S2/c27-38(32,33)20-9-7-18(8-10-20)23-22(17-5-2-1-3-6-17)29-24(36-23)21(30)14-35-13-19-15-37-25(28-19)26(31)11-4-12-34-16-26/h1-3,5-10,15,21,30-31H,4,11-14,16H2,(H2,27,32,33). The maximum Gasteiger partial charge on any atom is 0.238 e. The van der Waals surface area contributed by atoms with Crippen molar-refractivity contribution >= 4 is 21.4 Å². The number of nitrogens with two attached hydrogens (primary N) is 1. The highest BCUT2D eigenvalue weighted by molar-refractivity contribution is 7.89. The highest BCUT2D eigenvalue weighted by atomic mass is 32.2. The van der Waals surface area contributed by atoms with E-state index in [1.807, 2.05) is 35.7 Å². The quantitative estimate of drug-likeness (QED) is 0.281. The molecule has 1 saturated heterocycles. The predicted octanol–water partition coefficient (Wildman–Crippen LogP) is 3.36. The van der Waals surface area contributed by atoms with Crippen molar-refractivity contribution in [3.05, 3.63) is 76.6 Å². The first-order valence-electron chi connectivity index (χ1n) is 11.9. The van der Waals surface area contributed by atoms with Gasteiger partial charge in [-0.3, -0.25) is 0 Å². The maximum atomic E-state index is 11.6. The molecular weight excluding hydrogens is 530 g/mol. The van der Waals surface area contributed by atoms with Gasteiger partial charge in [0, 0.05) is 23.1 Å². The van der Waals surface area contributed by atoms with E-state index >= 15 is 0 Å². The monoisotopic (exact) mass is 557 g/mol. The SMILES string of the molecule is NS(=O)(=O)c1ccc(-c2oc(C(O)COCc3csc(C4(O)CCCOC4)n3)nc2-c2ccccc2)cc1. The molecule has 0 aliphatic carbocycles. The van der Waals surface area contributed by atoms with Crippen LogP contribution in [0.2, 0.25) is 0 Å². The summed E-state index contributed by atoms with van der Waals surface area (Å²) in [4.78, 5) is 8.99. The molecule has 1 aliphatic heterocycles. The Morgan fingerprint density at radius 2 is 1.87 bits per heavy atom. The molecule has 0 bridgehead atoms. The van der Waals surface area contributed by atoms with Crippen LogP contribution in [0.1, 0.15) is 35.5 Å². The van der Waals surface area contributed by atoms with Crippen LogP contribution >= 0.6 is 11.3 Å². The third-order valence-electron chi connectivity index (χ3n) is 6.12. The normalized spacial score (nSPS) is 18.9. The number of aliphatic hydroxyl groups is 2. The first-order chi connectivity index (χ1) is 18.2. The Labute approximate surface area is 223 Å². The van der Waals surface area contributed by atoms with Crippen molar-refractivity contribution in [2.75, 3.05) is 19.8 Å². The van der Waals surface area contributed by atoms with Gasteiger partial charge in [-0.2, -0.15) is 0 Å². The van der Waals surface area contributed by atoms with Gasteiger partial charge in [0.1, 0.15) is 16.3 Å². The number of sulfonamides is 1. The van der Waals surface area contributed by atoms with Gasteiger partial charge in [0.25, 0.3) is 0 Å². The number of thiazole rings is 1. The number of nitrogens with zero attached hydrogens (tertiary/aromatic N) is 2. The Hall–Kier alpha value is -2.97. The average Bonchev–Trinajstić information content (AvgIpc) is 3.58. The lowest BCUT2D eigenvalue weighted by molar-refractivity contribution is -0.0905. The third-order valence-corrected chi connectivity index (χ3v) is 8.13. The fourth-order valence-electron chi connectivity index (χ4n) is 4.14. The van der Waals surface area contributed by atoms with Gasteiger partial charge in [0.2, 0.25) is 15.9 Å². The van der Waals surface area contributed by atoms with E-state index in [2.05, 4.69) is 9.97 Å². The second-order valence-electron chi connectivity index (χ2n) is 9.03. The number of ether oxygens (including phenoxy) is 2. The first kappa shape index (κ1) is 26.6. The molecule has 0 amide bonds. The van der Waals surface area contributed by atoms with E-state index in [0.717, 1.165) is 12.0 Å². The van der Waals surface area contributed by atoms with Gasteiger partial charge in [-0.25, -0.2) is 23.5 Å². The van der Waals surface area contributed by atoms with Crippen molar-refractivity contribution in [2.45, 2.75) is 36.0 Å². The van der Waals surface area contributed by atoms with Crippen LogP contribution in [0, 0.1) is 0 Å². The molecule has 4 N–H and O–H groups in total. The zero-order valence-corrected chi connectivity index (χ0v) is 22.0.